The van der Waals surface area contributed by atoms with Crippen molar-refractivity contribution in [2.45, 2.75) is 64.5 Å². The van der Waals surface area contributed by atoms with Gasteiger partial charge in [0.2, 0.25) is 6.29 Å². The van der Waals surface area contributed by atoms with E-state index in [-0.39, 0.29) is 6.61 Å². The summed E-state index contributed by atoms with van der Waals surface area (Å²) in [6, 6.07) is 0. The molecular formula is C16H24O9S. The second-order valence-electron chi connectivity index (χ2n) is 5.52. The molecule has 0 radical (unpaired) electrons. The Hall–Kier alpha value is -1.81. The lowest BCUT2D eigenvalue weighted by Gasteiger charge is -2.27. The van der Waals surface area contributed by atoms with Crippen LogP contribution in [-0.2, 0) is 42.9 Å². The molecule has 0 aromatic heterocycles. The molecule has 9 nitrogen and oxygen atoms in total. The van der Waals surface area contributed by atoms with Gasteiger partial charge in [-0.3, -0.25) is 19.2 Å². The minimum Gasteiger partial charge on any atom is -0.462 e. The Morgan fingerprint density at radius 2 is 1.58 bits per heavy atom. The first kappa shape index (κ1) is 22.2. The number of esters is 4. The molecule has 1 rings (SSSR count). The summed E-state index contributed by atoms with van der Waals surface area (Å²) in [6.07, 6.45) is -3.85. The average molecular weight is 392 g/mol. The van der Waals surface area contributed by atoms with E-state index in [2.05, 4.69) is 0 Å². The average Bonchev–Trinajstić information content (AvgIpc) is 2.80. The van der Waals surface area contributed by atoms with Gasteiger partial charge in [0, 0.05) is 27.7 Å². The molecule has 5 atom stereocenters. The minimum absolute atomic E-state index is 0.284. The molecule has 1 fully saturated rings. The Morgan fingerprint density at radius 3 is 2.04 bits per heavy atom. The third-order valence-corrected chi connectivity index (χ3v) is 4.49. The van der Waals surface area contributed by atoms with Crippen LogP contribution in [0.5, 0.6) is 0 Å². The third-order valence-electron chi connectivity index (χ3n) is 3.29. The minimum atomic E-state index is -1.03. The Morgan fingerprint density at radius 1 is 0.962 bits per heavy atom. The van der Waals surface area contributed by atoms with E-state index < -0.39 is 53.7 Å². The van der Waals surface area contributed by atoms with Gasteiger partial charge in [-0.2, -0.15) is 0 Å². The predicted octanol–water partition coefficient (Wildman–Crippen LogP) is 0.823. The highest BCUT2D eigenvalue weighted by Gasteiger charge is 2.52. The van der Waals surface area contributed by atoms with Crippen LogP contribution in [0.1, 0.15) is 34.6 Å². The van der Waals surface area contributed by atoms with Crippen LogP contribution in [0.25, 0.3) is 0 Å². The lowest BCUT2D eigenvalue weighted by molar-refractivity contribution is -0.194. The third kappa shape index (κ3) is 6.83. The zero-order valence-electron chi connectivity index (χ0n) is 15.4. The van der Waals surface area contributed by atoms with Crippen molar-refractivity contribution in [3.05, 3.63) is 0 Å². The van der Waals surface area contributed by atoms with Crippen LogP contribution in [0, 0.1) is 0 Å². The fourth-order valence-corrected chi connectivity index (χ4v) is 3.57. The number of carbonyl (C=O) groups is 4. The van der Waals surface area contributed by atoms with Crippen molar-refractivity contribution in [3.63, 3.8) is 0 Å². The van der Waals surface area contributed by atoms with Gasteiger partial charge in [-0.1, -0.05) is 6.92 Å². The van der Waals surface area contributed by atoms with Crippen molar-refractivity contribution < 1.29 is 42.9 Å². The molecular weight excluding hydrogens is 368 g/mol. The number of carbonyl (C=O) groups excluding carboxylic acids is 4. The van der Waals surface area contributed by atoms with Crippen LogP contribution in [0.3, 0.4) is 0 Å². The second kappa shape index (κ2) is 10.4. The Bertz CT molecular complexity index is 536. The van der Waals surface area contributed by atoms with Gasteiger partial charge in [-0.15, -0.1) is 11.8 Å². The highest BCUT2D eigenvalue weighted by Crippen LogP contribution is 2.36. The molecule has 10 heteroatoms. The molecule has 0 aliphatic carbocycles. The van der Waals surface area contributed by atoms with Crippen LogP contribution in [0.2, 0.25) is 0 Å². The molecule has 26 heavy (non-hydrogen) atoms. The first-order chi connectivity index (χ1) is 12.1. The summed E-state index contributed by atoms with van der Waals surface area (Å²) < 4.78 is 26.4. The Labute approximate surface area is 156 Å². The zero-order valence-corrected chi connectivity index (χ0v) is 16.2. The molecule has 0 aromatic carbocycles. The van der Waals surface area contributed by atoms with Crippen LogP contribution in [0.4, 0.5) is 0 Å². The number of hydrogen-bond donors (Lipinski definition) is 0. The van der Waals surface area contributed by atoms with E-state index in [1.165, 1.54) is 39.5 Å². The van der Waals surface area contributed by atoms with Crippen molar-refractivity contribution in [2.75, 3.05) is 12.4 Å². The molecule has 1 saturated heterocycles. The second-order valence-corrected chi connectivity index (χ2v) is 6.98. The van der Waals surface area contributed by atoms with Crippen LogP contribution in [0.15, 0.2) is 0 Å². The van der Waals surface area contributed by atoms with Crippen LogP contribution < -0.4 is 0 Å². The van der Waals surface area contributed by atoms with Crippen LogP contribution in [-0.4, -0.2) is 66.1 Å². The first-order valence-corrected chi connectivity index (χ1v) is 9.12. The van der Waals surface area contributed by atoms with E-state index in [9.17, 15) is 19.2 Å². The number of rotatable bonds is 8. The molecule has 148 valence electrons. The monoisotopic (exact) mass is 392 g/mol. The van der Waals surface area contributed by atoms with Crippen LogP contribution >= 0.6 is 11.8 Å². The molecule has 1 heterocycles. The fraction of sp³-hybridized carbons (Fsp3) is 0.750. The summed E-state index contributed by atoms with van der Waals surface area (Å²) >= 11 is 1.38. The van der Waals surface area contributed by atoms with Gasteiger partial charge >= 0.3 is 23.9 Å². The lowest BCUT2D eigenvalue weighted by atomic mass is 10.1. The molecule has 0 spiro atoms. The van der Waals surface area contributed by atoms with Crippen molar-refractivity contribution >= 4 is 35.6 Å². The van der Waals surface area contributed by atoms with Gasteiger partial charge in [0.1, 0.15) is 24.1 Å². The van der Waals surface area contributed by atoms with Gasteiger partial charge in [0.25, 0.3) is 0 Å². The maximum absolute atomic E-state index is 11.5. The molecule has 0 unspecified atom stereocenters. The molecule has 1 aliphatic heterocycles. The van der Waals surface area contributed by atoms with Crippen molar-refractivity contribution in [3.8, 4) is 0 Å². The van der Waals surface area contributed by atoms with E-state index in [0.717, 1.165) is 0 Å². The predicted molar refractivity (Wildman–Crippen MR) is 90.1 cm³/mol. The summed E-state index contributed by atoms with van der Waals surface area (Å²) in [6.45, 7) is 6.47. The summed E-state index contributed by atoms with van der Waals surface area (Å²) in [5.74, 6) is -1.69. The molecule has 1 aliphatic rings. The van der Waals surface area contributed by atoms with Crippen molar-refractivity contribution in [1.82, 2.24) is 0 Å². The van der Waals surface area contributed by atoms with Gasteiger partial charge in [0.05, 0.1) is 0 Å². The highest BCUT2D eigenvalue weighted by atomic mass is 32.2. The molecule has 0 bridgehead atoms. The lowest BCUT2D eigenvalue weighted by Crippen LogP contribution is -2.45. The van der Waals surface area contributed by atoms with E-state index in [4.69, 9.17) is 23.7 Å². The maximum atomic E-state index is 11.5. The smallest absolute Gasteiger partial charge is 0.304 e. The molecule has 0 aromatic rings. The molecule has 0 N–H and O–H groups in total. The largest absolute Gasteiger partial charge is 0.462 e. The Balaban J connectivity index is 3.12. The number of thioether (sulfide) groups is 1. The number of hydrogen-bond acceptors (Lipinski definition) is 10. The quantitative estimate of drug-likeness (QED) is 0.434. The fourth-order valence-electron chi connectivity index (χ4n) is 2.51. The van der Waals surface area contributed by atoms with Gasteiger partial charge < -0.3 is 23.7 Å². The molecule has 0 amide bonds. The zero-order chi connectivity index (χ0) is 19.9. The standard InChI is InChI=1S/C16H24O9S/c1-6-26-15-14(23-10(4)19)13(25-16(15)24-11(5)20)12(22-9(3)18)7-21-8(2)17/h12-16H,6-7H2,1-5H3/t12-,13-,14+,15+,16+/m1/s1. The normalized spacial score (nSPS) is 25.9. The summed E-state index contributed by atoms with van der Waals surface area (Å²) in [4.78, 5) is 45.5. The summed E-state index contributed by atoms with van der Waals surface area (Å²) in [7, 11) is 0. The maximum Gasteiger partial charge on any atom is 0.304 e. The Kier molecular flexibility index (Phi) is 8.86. The van der Waals surface area contributed by atoms with Gasteiger partial charge in [-0.05, 0) is 5.75 Å². The van der Waals surface area contributed by atoms with E-state index >= 15 is 0 Å². The summed E-state index contributed by atoms with van der Waals surface area (Å²) in [5.41, 5.74) is 0. The van der Waals surface area contributed by atoms with E-state index in [1.807, 2.05) is 6.92 Å². The van der Waals surface area contributed by atoms with E-state index in [0.29, 0.717) is 5.75 Å². The van der Waals surface area contributed by atoms with Gasteiger partial charge in [-0.25, -0.2) is 0 Å². The number of ether oxygens (including phenoxy) is 5. The summed E-state index contributed by atoms with van der Waals surface area (Å²) in [5, 5.41) is -0.520. The molecule has 0 saturated carbocycles. The first-order valence-electron chi connectivity index (χ1n) is 8.07. The highest BCUT2D eigenvalue weighted by molar-refractivity contribution is 8.00. The topological polar surface area (TPSA) is 114 Å². The van der Waals surface area contributed by atoms with Crippen molar-refractivity contribution in [2.24, 2.45) is 0 Å². The van der Waals surface area contributed by atoms with E-state index in [1.54, 1.807) is 0 Å². The SMILES string of the molecule is CCS[C@@H]1[C@@H](OC(C)=O)O[C@H]([C@@H](COC(C)=O)OC(C)=O)[C@@H]1OC(C)=O. The van der Waals surface area contributed by atoms with Gasteiger partial charge in [0.15, 0.2) is 6.10 Å². The van der Waals surface area contributed by atoms with Crippen molar-refractivity contribution in [1.29, 1.82) is 0 Å².